The number of fused-ring (bicyclic) bond motifs is 3. The number of rotatable bonds is 5. The van der Waals surface area contributed by atoms with Crippen molar-refractivity contribution in [2.75, 3.05) is 44.8 Å². The Morgan fingerprint density at radius 3 is 2.50 bits per heavy atom. The molecule has 4 aliphatic heterocycles. The number of ether oxygens (including phenoxy) is 3. The van der Waals surface area contributed by atoms with Gasteiger partial charge in [0.05, 0.1) is 24.7 Å². The monoisotopic (exact) mass is 506 g/mol. The highest BCUT2D eigenvalue weighted by molar-refractivity contribution is 5.85. The van der Waals surface area contributed by atoms with Crippen molar-refractivity contribution in [1.29, 1.82) is 0 Å². The number of hydrogen-bond donors (Lipinski definition) is 0. The number of esters is 1. The zero-order valence-corrected chi connectivity index (χ0v) is 21.4. The summed E-state index contributed by atoms with van der Waals surface area (Å²) in [6.45, 7) is 8.08. The van der Waals surface area contributed by atoms with E-state index in [0.717, 1.165) is 32.2 Å². The van der Waals surface area contributed by atoms with E-state index >= 15 is 0 Å². The van der Waals surface area contributed by atoms with Crippen LogP contribution in [0.1, 0.15) is 63.5 Å². The zero-order chi connectivity index (χ0) is 25.7. The zero-order valence-electron chi connectivity index (χ0n) is 21.4. The Hall–Kier alpha value is -2.76. The number of nitrogens with zero attached hydrogens (tertiary/aromatic N) is 6. The van der Waals surface area contributed by atoms with Crippen LogP contribution in [0.25, 0.3) is 0 Å². The van der Waals surface area contributed by atoms with Gasteiger partial charge >= 0.3 is 18.1 Å². The Labute approximate surface area is 210 Å². The van der Waals surface area contributed by atoms with E-state index in [4.69, 9.17) is 14.2 Å². The average Bonchev–Trinajstić information content (AvgIpc) is 3.43. The highest BCUT2D eigenvalue weighted by atomic mass is 19.1. The summed E-state index contributed by atoms with van der Waals surface area (Å²) in [6.07, 6.45) is 2.79. The van der Waals surface area contributed by atoms with Crippen molar-refractivity contribution in [3.05, 3.63) is 5.82 Å². The fourth-order valence-electron chi connectivity index (χ4n) is 6.06. The second-order valence-electron chi connectivity index (χ2n) is 11.3. The first-order valence-corrected chi connectivity index (χ1v) is 12.7. The van der Waals surface area contributed by atoms with Gasteiger partial charge < -0.3 is 19.1 Å². The van der Waals surface area contributed by atoms with Crippen LogP contribution in [-0.2, 0) is 9.47 Å². The number of aromatic nitrogens is 3. The largest absolute Gasteiger partial charge is 0.463 e. The molecule has 0 spiro atoms. The standard InChI is InChI=1S/C24H35FN6O5/c1-23(2,3)36-22(33)31-16-6-7-17(31)13-29(12-16)20-26-18(19(32)34-4)27-21(28-20)35-14-24-8-5-9-30(24)11-15(25)10-24/h15-17H,5-14H2,1-4H3/t15-,16-,17+,24+/m1/s1. The summed E-state index contributed by atoms with van der Waals surface area (Å²) in [5.41, 5.74) is -0.935. The maximum atomic E-state index is 14.2. The van der Waals surface area contributed by atoms with E-state index in [-0.39, 0.29) is 42.2 Å². The molecular weight excluding hydrogens is 471 g/mol. The van der Waals surface area contributed by atoms with Crippen LogP contribution in [-0.4, -0.2) is 106 Å². The Balaban J connectivity index is 1.34. The van der Waals surface area contributed by atoms with Crippen LogP contribution in [0.5, 0.6) is 6.01 Å². The molecule has 36 heavy (non-hydrogen) atoms. The molecule has 0 unspecified atom stereocenters. The lowest BCUT2D eigenvalue weighted by Crippen LogP contribution is -2.57. The number of amides is 1. The number of alkyl halides is 1. The summed E-state index contributed by atoms with van der Waals surface area (Å²) in [7, 11) is 1.27. The Bertz CT molecular complexity index is 1010. The predicted octanol–water partition coefficient (Wildman–Crippen LogP) is 2.20. The van der Waals surface area contributed by atoms with Gasteiger partial charge in [-0.05, 0) is 53.0 Å². The van der Waals surface area contributed by atoms with Gasteiger partial charge in [0.25, 0.3) is 0 Å². The third-order valence-electron chi connectivity index (χ3n) is 7.57. The molecule has 1 amide bonds. The number of piperazine rings is 1. The molecule has 1 aromatic heterocycles. The summed E-state index contributed by atoms with van der Waals surface area (Å²) in [6, 6.07) is -0.0784. The molecule has 11 nitrogen and oxygen atoms in total. The Morgan fingerprint density at radius 1 is 1.11 bits per heavy atom. The van der Waals surface area contributed by atoms with Crippen LogP contribution >= 0.6 is 0 Å². The van der Waals surface area contributed by atoms with Crippen molar-refractivity contribution in [3.63, 3.8) is 0 Å². The first-order valence-electron chi connectivity index (χ1n) is 12.7. The summed E-state index contributed by atoms with van der Waals surface area (Å²) in [4.78, 5) is 44.1. The second kappa shape index (κ2) is 9.28. The maximum Gasteiger partial charge on any atom is 0.410 e. The molecule has 0 aliphatic carbocycles. The van der Waals surface area contributed by atoms with Crippen molar-refractivity contribution < 1.29 is 28.2 Å². The van der Waals surface area contributed by atoms with Gasteiger partial charge in [0.1, 0.15) is 18.4 Å². The highest BCUT2D eigenvalue weighted by Crippen LogP contribution is 2.40. The third kappa shape index (κ3) is 4.79. The SMILES string of the molecule is COC(=O)c1nc(OC[C@@]23CCCN2C[C@H](F)C3)nc(N2C[C@H]3CC[C@@H](C2)N3C(=O)OC(C)(C)C)n1. The Kier molecular flexibility index (Phi) is 6.42. The number of carbonyl (C=O) groups excluding carboxylic acids is 2. The molecule has 0 radical (unpaired) electrons. The van der Waals surface area contributed by atoms with Crippen molar-refractivity contribution in [2.24, 2.45) is 0 Å². The van der Waals surface area contributed by atoms with Gasteiger partial charge in [-0.25, -0.2) is 14.0 Å². The van der Waals surface area contributed by atoms with E-state index in [1.54, 1.807) is 0 Å². The van der Waals surface area contributed by atoms with Crippen LogP contribution in [0.15, 0.2) is 0 Å². The molecule has 0 aromatic carbocycles. The minimum atomic E-state index is -0.870. The van der Waals surface area contributed by atoms with Gasteiger partial charge in [-0.1, -0.05) is 0 Å². The van der Waals surface area contributed by atoms with Crippen molar-refractivity contribution in [1.82, 2.24) is 24.8 Å². The smallest absolute Gasteiger partial charge is 0.410 e. The molecular formula is C24H35FN6O5. The van der Waals surface area contributed by atoms with Gasteiger partial charge in [-0.15, -0.1) is 0 Å². The van der Waals surface area contributed by atoms with Crippen LogP contribution < -0.4 is 9.64 Å². The molecule has 0 N–H and O–H groups in total. The van der Waals surface area contributed by atoms with Crippen LogP contribution in [0.2, 0.25) is 0 Å². The summed E-state index contributed by atoms with van der Waals surface area (Å²) in [5, 5.41) is 0. The number of halogens is 1. The van der Waals surface area contributed by atoms with E-state index in [1.165, 1.54) is 7.11 Å². The number of methoxy groups -OCH3 is 1. The summed E-state index contributed by atoms with van der Waals surface area (Å²) >= 11 is 0. The lowest BCUT2D eigenvalue weighted by atomic mass is 9.95. The van der Waals surface area contributed by atoms with Gasteiger partial charge in [-0.3, -0.25) is 9.80 Å². The first-order chi connectivity index (χ1) is 17.1. The fourth-order valence-corrected chi connectivity index (χ4v) is 6.06. The molecule has 2 bridgehead atoms. The molecule has 4 saturated heterocycles. The average molecular weight is 507 g/mol. The lowest BCUT2D eigenvalue weighted by Gasteiger charge is -2.41. The van der Waals surface area contributed by atoms with Crippen LogP contribution in [0.3, 0.4) is 0 Å². The van der Waals surface area contributed by atoms with Gasteiger partial charge in [0.2, 0.25) is 11.8 Å². The first kappa shape index (κ1) is 24.9. The molecule has 0 saturated carbocycles. The number of anilines is 1. The summed E-state index contributed by atoms with van der Waals surface area (Å²) < 4.78 is 30.6. The minimum Gasteiger partial charge on any atom is -0.463 e. The lowest BCUT2D eigenvalue weighted by molar-refractivity contribution is 0.0122. The number of carbonyl (C=O) groups is 2. The van der Waals surface area contributed by atoms with Gasteiger partial charge in [0, 0.05) is 26.1 Å². The molecule has 4 atom stereocenters. The van der Waals surface area contributed by atoms with Gasteiger partial charge in [0.15, 0.2) is 0 Å². The van der Waals surface area contributed by atoms with E-state index in [9.17, 15) is 14.0 Å². The Morgan fingerprint density at radius 2 is 1.83 bits per heavy atom. The molecule has 5 rings (SSSR count). The maximum absolute atomic E-state index is 14.2. The van der Waals surface area contributed by atoms with Crippen molar-refractivity contribution in [3.8, 4) is 6.01 Å². The van der Waals surface area contributed by atoms with E-state index < -0.39 is 17.7 Å². The van der Waals surface area contributed by atoms with Crippen molar-refractivity contribution in [2.45, 2.75) is 82.3 Å². The van der Waals surface area contributed by atoms with E-state index in [0.29, 0.717) is 32.0 Å². The predicted molar refractivity (Wildman–Crippen MR) is 127 cm³/mol. The normalized spacial score (nSPS) is 29.9. The fraction of sp³-hybridized carbons (Fsp3) is 0.792. The molecule has 4 fully saturated rings. The topological polar surface area (TPSA) is 110 Å². The quantitative estimate of drug-likeness (QED) is 0.551. The van der Waals surface area contributed by atoms with Gasteiger partial charge in [-0.2, -0.15) is 15.0 Å². The molecule has 198 valence electrons. The van der Waals surface area contributed by atoms with Crippen molar-refractivity contribution >= 4 is 18.0 Å². The van der Waals surface area contributed by atoms with Crippen LogP contribution in [0.4, 0.5) is 15.1 Å². The van der Waals surface area contributed by atoms with E-state index in [1.807, 2.05) is 30.6 Å². The van der Waals surface area contributed by atoms with E-state index in [2.05, 4.69) is 19.9 Å². The molecule has 5 heterocycles. The highest BCUT2D eigenvalue weighted by Gasteiger charge is 2.49. The molecule has 1 aromatic rings. The molecule has 4 aliphatic rings. The third-order valence-corrected chi connectivity index (χ3v) is 7.57. The minimum absolute atomic E-state index is 0.0193. The summed E-state index contributed by atoms with van der Waals surface area (Å²) in [5.74, 6) is -0.532. The number of hydrogen-bond acceptors (Lipinski definition) is 10. The second-order valence-corrected chi connectivity index (χ2v) is 11.3. The molecule has 12 heteroatoms. The van der Waals surface area contributed by atoms with Crippen LogP contribution in [0, 0.1) is 0 Å².